The van der Waals surface area contributed by atoms with Crippen LogP contribution in [0.4, 0.5) is 0 Å². The molecule has 0 amide bonds. The fraction of sp³-hybridized carbons (Fsp3) is 0.810. The number of para-hydroxylation sites is 2. The molecule has 0 aliphatic carbocycles. The molecule has 0 aliphatic rings. The van der Waals surface area contributed by atoms with Gasteiger partial charge in [0.2, 0.25) is 0 Å². The van der Waals surface area contributed by atoms with Crippen LogP contribution in [-0.2, 0) is 37.3 Å². The standard InChI is InChI=1S/C137H242O8P2S2/c1-7-11-15-19-23-27-31-35-39-47-55-63-71-79-87-95-107-127-109-99-101-111-133(127)144-146(148-125-105-93-85-77-69-61-53-45-43-49-57-65-73-81-89-97-113-135(138)140-123-103-91-83-75-67-59-51-41-37-33-29-25-21-17-13-9-3)142-131-119-115-129(116-120-131)137(5,6)130-117-121-132(122-118-130)143-147(145-134-112-102-100-110-128(134)108-96-88-80-72-64-56-48-40-36-32-28-24-20-16-12-8-2)149-126-106-94-86-78-70-62-54-46-44-50-58-66-74-82-90-98-114-136(139)141-124-104-92-84-76-68-60-52-42-38-34-30-26-22-18-14-10-4/h99-102,109-112,115-122H,7-98,103-108,113-114,123-126H2,1-6H3. The Balaban J connectivity index is 1.20. The molecule has 4 aromatic rings. The summed E-state index contributed by atoms with van der Waals surface area (Å²) in [5.74, 6) is 5.80. The molecule has 0 saturated carbocycles. The van der Waals surface area contributed by atoms with Crippen molar-refractivity contribution < 1.29 is 37.2 Å². The maximum atomic E-state index is 12.4. The summed E-state index contributed by atoms with van der Waals surface area (Å²) < 4.78 is 39.3. The fourth-order valence-electron chi connectivity index (χ4n) is 21.6. The van der Waals surface area contributed by atoms with Gasteiger partial charge in [0.25, 0.3) is 0 Å². The van der Waals surface area contributed by atoms with E-state index in [4.69, 9.17) is 27.6 Å². The van der Waals surface area contributed by atoms with Crippen LogP contribution in [0.1, 0.15) is 693 Å². The lowest BCUT2D eigenvalue weighted by atomic mass is 9.78. The minimum Gasteiger partial charge on any atom is -0.466 e. The van der Waals surface area contributed by atoms with E-state index in [9.17, 15) is 9.59 Å². The molecule has 8 nitrogen and oxygen atoms in total. The highest BCUT2D eigenvalue weighted by molar-refractivity contribution is 8.53. The minimum atomic E-state index is -1.29. The summed E-state index contributed by atoms with van der Waals surface area (Å²) >= 11 is 3.77. The number of hydrogen-bond acceptors (Lipinski definition) is 10. The van der Waals surface area contributed by atoms with Crippen LogP contribution in [0.2, 0.25) is 0 Å². The summed E-state index contributed by atoms with van der Waals surface area (Å²) in [6.45, 7) is 15.1. The van der Waals surface area contributed by atoms with Gasteiger partial charge in [0, 0.05) is 29.8 Å². The highest BCUT2D eigenvalue weighted by Crippen LogP contribution is 2.55. The van der Waals surface area contributed by atoms with Crippen LogP contribution in [0.15, 0.2) is 97.1 Å². The molecule has 4 aromatic carbocycles. The number of hydrogen-bond donors (Lipinski definition) is 0. The molecule has 149 heavy (non-hydrogen) atoms. The third-order valence-electron chi connectivity index (χ3n) is 31.9. The Morgan fingerprint density at radius 3 is 0.604 bits per heavy atom. The number of aryl methyl sites for hydroxylation is 2. The van der Waals surface area contributed by atoms with E-state index < -0.39 is 15.2 Å². The maximum absolute atomic E-state index is 12.4. The second kappa shape index (κ2) is 107. The predicted molar refractivity (Wildman–Crippen MR) is 664 cm³/mol. The van der Waals surface area contributed by atoms with E-state index in [1.165, 1.54) is 600 Å². The summed E-state index contributed by atoms with van der Waals surface area (Å²) in [6.07, 6.45) is 132. The lowest BCUT2D eigenvalue weighted by Gasteiger charge is -2.27. The molecule has 860 valence electrons. The largest absolute Gasteiger partial charge is 0.466 e. The molecule has 2 atom stereocenters. The van der Waals surface area contributed by atoms with E-state index >= 15 is 0 Å². The highest BCUT2D eigenvalue weighted by Gasteiger charge is 2.27. The first kappa shape index (κ1) is 138. The summed E-state index contributed by atoms with van der Waals surface area (Å²) in [5, 5.41) is 0. The highest BCUT2D eigenvalue weighted by atomic mass is 32.7. The monoisotopic (exact) mass is 2140 g/mol. The van der Waals surface area contributed by atoms with Gasteiger partial charge in [0.05, 0.1) is 13.2 Å². The third kappa shape index (κ3) is 86.3. The summed E-state index contributed by atoms with van der Waals surface area (Å²) in [7, 11) is -2.59. The second-order valence-corrected chi connectivity index (χ2v) is 52.6. The lowest BCUT2D eigenvalue weighted by molar-refractivity contribution is -0.144. The normalized spacial score (nSPS) is 12.1. The van der Waals surface area contributed by atoms with E-state index in [0.29, 0.717) is 26.1 Å². The minimum absolute atomic E-state index is 0.0174. The van der Waals surface area contributed by atoms with Crippen molar-refractivity contribution in [2.24, 2.45) is 0 Å². The van der Waals surface area contributed by atoms with E-state index in [-0.39, 0.29) is 17.4 Å². The van der Waals surface area contributed by atoms with Crippen LogP contribution in [0.25, 0.3) is 0 Å². The number of carbonyl (C=O) groups is 2. The van der Waals surface area contributed by atoms with Gasteiger partial charge in [-0.25, -0.2) is 0 Å². The van der Waals surface area contributed by atoms with E-state index in [2.05, 4.69) is 139 Å². The van der Waals surface area contributed by atoms with Crippen molar-refractivity contribution in [2.75, 3.05) is 24.7 Å². The first-order valence-corrected chi connectivity index (χ1v) is 71.5. The van der Waals surface area contributed by atoms with Gasteiger partial charge in [-0.1, -0.05) is 667 Å². The number of esters is 2. The first-order chi connectivity index (χ1) is 73.7. The molecule has 0 fully saturated rings. The topological polar surface area (TPSA) is 89.5 Å². The summed E-state index contributed by atoms with van der Waals surface area (Å²) in [6, 6.07) is 35.5. The molecular formula is C137H242O8P2S2. The van der Waals surface area contributed by atoms with Crippen LogP contribution in [-0.4, -0.2) is 36.7 Å². The molecule has 0 N–H and O–H groups in total. The fourth-order valence-corrected chi connectivity index (χ4v) is 27.4. The molecular weight excluding hydrogens is 1900 g/mol. The van der Waals surface area contributed by atoms with Crippen molar-refractivity contribution in [3.63, 3.8) is 0 Å². The maximum Gasteiger partial charge on any atom is 0.360 e. The molecule has 0 saturated heterocycles. The average Bonchev–Trinajstić information content (AvgIpc) is 0.797. The van der Waals surface area contributed by atoms with Gasteiger partial charge in [0.1, 0.15) is 23.0 Å². The molecule has 0 spiro atoms. The Hall–Kier alpha value is -3.42. The Kier molecular flexibility index (Phi) is 99.4. The zero-order valence-corrected chi connectivity index (χ0v) is 103. The summed E-state index contributed by atoms with van der Waals surface area (Å²) in [4.78, 5) is 24.7. The average molecular weight is 2140 g/mol. The van der Waals surface area contributed by atoms with Gasteiger partial charge in [0.15, 0.2) is 0 Å². The SMILES string of the molecule is CCCCCCCCCCCCCCCCCCOC(=O)CCCCCCCCCCCCCCCCCCSP(Oc1ccc(C(C)(C)c2ccc(OP(Oc3ccccc3CCCCCCCCCCCCCCCCCC)SCCCCCCCCCCCCCCCCCCC(=O)OCCCCCCCCCCCCCCCCCC)cc2)cc1)Oc1ccccc1CCCCCCCCCCCCCCCCCC. The Bertz CT molecular complexity index is 3220. The van der Waals surface area contributed by atoms with Crippen molar-refractivity contribution in [2.45, 2.75) is 689 Å². The number of rotatable bonds is 118. The van der Waals surface area contributed by atoms with Crippen molar-refractivity contribution in [3.05, 3.63) is 119 Å². The van der Waals surface area contributed by atoms with Crippen molar-refractivity contribution in [1.82, 2.24) is 0 Å². The number of ether oxygens (including phenoxy) is 2. The van der Waals surface area contributed by atoms with Crippen LogP contribution >= 0.6 is 37.9 Å². The quantitative estimate of drug-likeness (QED) is 0.0242. The molecule has 0 aliphatic heterocycles. The van der Waals surface area contributed by atoms with E-state index in [1.54, 1.807) is 0 Å². The van der Waals surface area contributed by atoms with Gasteiger partial charge < -0.3 is 27.6 Å². The van der Waals surface area contributed by atoms with Crippen molar-refractivity contribution in [3.8, 4) is 23.0 Å². The summed E-state index contributed by atoms with van der Waals surface area (Å²) in [5.41, 5.74) is 4.85. The van der Waals surface area contributed by atoms with Crippen molar-refractivity contribution >= 4 is 49.9 Å². The predicted octanol–water partition coefficient (Wildman–Crippen LogP) is 49.3. The Morgan fingerprint density at radius 2 is 0.389 bits per heavy atom. The van der Waals surface area contributed by atoms with E-state index in [1.807, 2.05) is 22.8 Å². The smallest absolute Gasteiger partial charge is 0.360 e. The molecule has 0 aromatic heterocycles. The second-order valence-electron chi connectivity index (χ2n) is 46.3. The van der Waals surface area contributed by atoms with Crippen LogP contribution in [0, 0.1) is 0 Å². The zero-order chi connectivity index (χ0) is 106. The molecule has 0 radical (unpaired) electrons. The van der Waals surface area contributed by atoms with Crippen LogP contribution < -0.4 is 18.1 Å². The van der Waals surface area contributed by atoms with E-state index in [0.717, 1.165) is 85.9 Å². The van der Waals surface area contributed by atoms with Gasteiger partial charge in [-0.15, -0.1) is 0 Å². The first-order valence-electron chi connectivity index (χ1n) is 65.9. The number of unbranched alkanes of at least 4 members (excludes halogenated alkanes) is 90. The molecule has 2 unspecified atom stereocenters. The van der Waals surface area contributed by atoms with Crippen molar-refractivity contribution in [1.29, 1.82) is 0 Å². The molecule has 12 heteroatoms. The number of benzene rings is 4. The number of carbonyl (C=O) groups excluding carboxylic acids is 2. The lowest BCUT2D eigenvalue weighted by Crippen LogP contribution is -2.18. The third-order valence-corrected chi connectivity index (χ3v) is 37.9. The van der Waals surface area contributed by atoms with Crippen LogP contribution in [0.3, 0.4) is 0 Å². The van der Waals surface area contributed by atoms with Gasteiger partial charge in [-0.05, 0) is 146 Å². The van der Waals surface area contributed by atoms with Crippen LogP contribution in [0.5, 0.6) is 23.0 Å². The van der Waals surface area contributed by atoms with Gasteiger partial charge >= 0.3 is 27.1 Å². The van der Waals surface area contributed by atoms with Gasteiger partial charge in [-0.2, -0.15) is 0 Å². The molecule has 4 rings (SSSR count). The Labute approximate surface area is 936 Å². The molecule has 0 bridgehead atoms. The Morgan fingerprint density at radius 1 is 0.208 bits per heavy atom. The van der Waals surface area contributed by atoms with Gasteiger partial charge in [-0.3, -0.25) is 9.59 Å². The zero-order valence-electron chi connectivity index (χ0n) is 99.3. The molecule has 0 heterocycles.